The van der Waals surface area contributed by atoms with Crippen molar-refractivity contribution in [3.05, 3.63) is 16.6 Å². The average molecular weight is 351 g/mol. The second-order valence-corrected chi connectivity index (χ2v) is 7.62. The van der Waals surface area contributed by atoms with Gasteiger partial charge in [-0.05, 0) is 25.7 Å². The van der Waals surface area contributed by atoms with Crippen molar-refractivity contribution >= 4 is 23.2 Å². The Balaban J connectivity index is 1.53. The SMILES string of the molecule is O=C(C1CCC1)N1CCC(C(=O)N(CCO)Cc2nccs2)CC1. The van der Waals surface area contributed by atoms with E-state index in [9.17, 15) is 14.7 Å². The van der Waals surface area contributed by atoms with Crippen molar-refractivity contribution in [3.63, 3.8) is 0 Å². The lowest BCUT2D eigenvalue weighted by Crippen LogP contribution is -2.47. The van der Waals surface area contributed by atoms with Gasteiger partial charge in [0, 0.05) is 43.0 Å². The number of hydrogen-bond acceptors (Lipinski definition) is 5. The number of aliphatic hydroxyl groups is 1. The number of carbonyl (C=O) groups excluding carboxylic acids is 2. The molecule has 0 radical (unpaired) electrons. The van der Waals surface area contributed by atoms with Gasteiger partial charge >= 0.3 is 0 Å². The molecule has 1 aliphatic heterocycles. The van der Waals surface area contributed by atoms with Crippen molar-refractivity contribution < 1.29 is 14.7 Å². The summed E-state index contributed by atoms with van der Waals surface area (Å²) in [5.41, 5.74) is 0. The molecule has 2 fully saturated rings. The van der Waals surface area contributed by atoms with E-state index >= 15 is 0 Å². The maximum absolute atomic E-state index is 12.8. The lowest BCUT2D eigenvalue weighted by molar-refractivity contribution is -0.144. The van der Waals surface area contributed by atoms with Crippen molar-refractivity contribution in [3.8, 4) is 0 Å². The third-order valence-corrected chi connectivity index (χ3v) is 5.87. The molecular weight excluding hydrogens is 326 g/mol. The van der Waals surface area contributed by atoms with Gasteiger partial charge < -0.3 is 14.9 Å². The number of thiazole rings is 1. The van der Waals surface area contributed by atoms with Gasteiger partial charge in [-0.3, -0.25) is 9.59 Å². The molecule has 7 heteroatoms. The van der Waals surface area contributed by atoms with Gasteiger partial charge in [0.15, 0.2) is 0 Å². The molecule has 1 saturated heterocycles. The van der Waals surface area contributed by atoms with Crippen LogP contribution in [-0.4, -0.2) is 57.9 Å². The Bertz CT molecular complexity index is 551. The molecule has 6 nitrogen and oxygen atoms in total. The summed E-state index contributed by atoms with van der Waals surface area (Å²) in [6.45, 7) is 2.10. The zero-order chi connectivity index (χ0) is 16.9. The monoisotopic (exact) mass is 351 g/mol. The van der Waals surface area contributed by atoms with E-state index in [0.29, 0.717) is 26.2 Å². The number of aliphatic hydroxyl groups excluding tert-OH is 1. The quantitative estimate of drug-likeness (QED) is 0.843. The molecule has 2 amide bonds. The molecule has 0 aromatic carbocycles. The summed E-state index contributed by atoms with van der Waals surface area (Å²) in [4.78, 5) is 32.9. The largest absolute Gasteiger partial charge is 0.395 e. The number of hydrogen-bond donors (Lipinski definition) is 1. The van der Waals surface area contributed by atoms with Gasteiger partial charge in [0.2, 0.25) is 11.8 Å². The van der Waals surface area contributed by atoms with Crippen molar-refractivity contribution in [2.24, 2.45) is 11.8 Å². The van der Waals surface area contributed by atoms with Gasteiger partial charge in [-0.25, -0.2) is 4.98 Å². The Morgan fingerprint density at radius 2 is 2.00 bits per heavy atom. The van der Waals surface area contributed by atoms with Crippen LogP contribution < -0.4 is 0 Å². The zero-order valence-electron chi connectivity index (χ0n) is 13.9. The number of carbonyl (C=O) groups is 2. The molecule has 1 aromatic rings. The van der Waals surface area contributed by atoms with Crippen molar-refractivity contribution in [1.82, 2.24) is 14.8 Å². The predicted octanol–water partition coefficient (Wildman–Crippen LogP) is 1.50. The van der Waals surface area contributed by atoms with Gasteiger partial charge in [-0.1, -0.05) is 6.42 Å². The zero-order valence-corrected chi connectivity index (χ0v) is 14.7. The Hall–Kier alpha value is -1.47. The highest BCUT2D eigenvalue weighted by Gasteiger charge is 2.34. The van der Waals surface area contributed by atoms with Gasteiger partial charge in [-0.2, -0.15) is 0 Å². The van der Waals surface area contributed by atoms with Crippen LogP contribution in [0.2, 0.25) is 0 Å². The highest BCUT2D eigenvalue weighted by Crippen LogP contribution is 2.30. The highest BCUT2D eigenvalue weighted by molar-refractivity contribution is 7.09. The van der Waals surface area contributed by atoms with Crippen molar-refractivity contribution in [2.75, 3.05) is 26.2 Å². The van der Waals surface area contributed by atoms with E-state index in [4.69, 9.17) is 0 Å². The standard InChI is InChI=1S/C17H25N3O3S/c21-10-9-20(12-15-18-6-11-24-15)17(23)14-4-7-19(8-5-14)16(22)13-2-1-3-13/h6,11,13-14,21H,1-5,7-10,12H2. The van der Waals surface area contributed by atoms with Crippen LogP contribution in [0.4, 0.5) is 0 Å². The molecule has 132 valence electrons. The molecule has 3 rings (SSSR count). The molecule has 2 heterocycles. The van der Waals surface area contributed by atoms with Crippen LogP contribution >= 0.6 is 11.3 Å². The highest BCUT2D eigenvalue weighted by atomic mass is 32.1. The topological polar surface area (TPSA) is 73.7 Å². The second-order valence-electron chi connectivity index (χ2n) is 6.64. The third kappa shape index (κ3) is 3.95. The third-order valence-electron chi connectivity index (χ3n) is 5.10. The lowest BCUT2D eigenvalue weighted by Gasteiger charge is -2.37. The summed E-state index contributed by atoms with van der Waals surface area (Å²) < 4.78 is 0. The molecule has 1 N–H and O–H groups in total. The molecule has 1 saturated carbocycles. The van der Waals surface area contributed by atoms with Crippen molar-refractivity contribution in [1.29, 1.82) is 0 Å². The van der Waals surface area contributed by atoms with E-state index < -0.39 is 0 Å². The molecule has 24 heavy (non-hydrogen) atoms. The molecular formula is C17H25N3O3S. The summed E-state index contributed by atoms with van der Waals surface area (Å²) in [6, 6.07) is 0. The average Bonchev–Trinajstić information content (AvgIpc) is 3.05. The number of rotatable bonds is 6. The van der Waals surface area contributed by atoms with Gasteiger partial charge in [0.25, 0.3) is 0 Å². The van der Waals surface area contributed by atoms with Crippen LogP contribution in [0.3, 0.4) is 0 Å². The first kappa shape index (κ1) is 17.4. The number of aromatic nitrogens is 1. The molecule has 0 unspecified atom stereocenters. The van der Waals surface area contributed by atoms with Gasteiger partial charge in [0.05, 0.1) is 13.2 Å². The van der Waals surface area contributed by atoms with E-state index in [1.165, 1.54) is 11.3 Å². The summed E-state index contributed by atoms with van der Waals surface area (Å²) in [7, 11) is 0. The minimum absolute atomic E-state index is 0.0455. The van der Waals surface area contributed by atoms with Crippen LogP contribution in [0.5, 0.6) is 0 Å². The van der Waals surface area contributed by atoms with E-state index in [2.05, 4.69) is 4.98 Å². The fourth-order valence-electron chi connectivity index (χ4n) is 3.40. The first-order valence-corrected chi connectivity index (χ1v) is 9.64. The van der Waals surface area contributed by atoms with Gasteiger partial charge in [0.1, 0.15) is 5.01 Å². The van der Waals surface area contributed by atoms with Crippen LogP contribution in [0.15, 0.2) is 11.6 Å². The fourth-order valence-corrected chi connectivity index (χ4v) is 4.03. The Morgan fingerprint density at radius 3 is 2.54 bits per heavy atom. The molecule has 2 aliphatic rings. The van der Waals surface area contributed by atoms with E-state index in [0.717, 1.165) is 37.1 Å². The number of nitrogens with zero attached hydrogens (tertiary/aromatic N) is 3. The molecule has 0 spiro atoms. The van der Waals surface area contributed by atoms with Gasteiger partial charge in [-0.15, -0.1) is 11.3 Å². The molecule has 1 aromatic heterocycles. The predicted molar refractivity (Wildman–Crippen MR) is 91.3 cm³/mol. The Kier molecular flexibility index (Phi) is 5.84. The number of piperidine rings is 1. The molecule has 0 atom stereocenters. The van der Waals surface area contributed by atoms with Crippen LogP contribution in [0.1, 0.15) is 37.1 Å². The van der Waals surface area contributed by atoms with Crippen LogP contribution in [0.25, 0.3) is 0 Å². The normalized spacial score (nSPS) is 19.1. The first-order chi connectivity index (χ1) is 11.7. The maximum Gasteiger partial charge on any atom is 0.226 e. The summed E-state index contributed by atoms with van der Waals surface area (Å²) in [5, 5.41) is 12.0. The van der Waals surface area contributed by atoms with Crippen LogP contribution in [-0.2, 0) is 16.1 Å². The minimum Gasteiger partial charge on any atom is -0.395 e. The van der Waals surface area contributed by atoms with Crippen LogP contribution in [0, 0.1) is 11.8 Å². The summed E-state index contributed by atoms with van der Waals surface area (Å²) in [5.74, 6) is 0.534. The van der Waals surface area contributed by atoms with E-state index in [1.54, 1.807) is 11.1 Å². The summed E-state index contributed by atoms with van der Waals surface area (Å²) in [6.07, 6.45) is 6.38. The molecule has 1 aliphatic carbocycles. The second kappa shape index (κ2) is 8.07. The first-order valence-electron chi connectivity index (χ1n) is 8.76. The number of likely N-dealkylation sites (tertiary alicyclic amines) is 1. The summed E-state index contributed by atoms with van der Waals surface area (Å²) >= 11 is 1.52. The lowest BCUT2D eigenvalue weighted by atomic mass is 9.83. The minimum atomic E-state index is -0.0537. The van der Waals surface area contributed by atoms with E-state index in [-0.39, 0.29) is 30.3 Å². The Morgan fingerprint density at radius 1 is 1.25 bits per heavy atom. The van der Waals surface area contributed by atoms with Crippen molar-refractivity contribution in [2.45, 2.75) is 38.6 Å². The fraction of sp³-hybridized carbons (Fsp3) is 0.706. The van der Waals surface area contributed by atoms with E-state index in [1.807, 2.05) is 10.3 Å². The Labute approximate surface area is 146 Å². The maximum atomic E-state index is 12.8. The number of amides is 2. The molecule has 0 bridgehead atoms. The smallest absolute Gasteiger partial charge is 0.226 e.